The maximum atomic E-state index is 13.0. The molecule has 1 N–H and O–H groups in total. The fraction of sp³-hybridized carbons (Fsp3) is 0.0909. The van der Waals surface area contributed by atoms with E-state index < -0.39 is 0 Å². The molecule has 0 unspecified atom stereocenters. The van der Waals surface area contributed by atoms with Gasteiger partial charge < -0.3 is 14.6 Å². The maximum absolute atomic E-state index is 13.0. The fourth-order valence-electron chi connectivity index (χ4n) is 2.76. The Morgan fingerprint density at radius 1 is 1.07 bits per heavy atom. The van der Waals surface area contributed by atoms with Crippen molar-refractivity contribution in [1.82, 2.24) is 20.4 Å². The molecule has 150 valence electrons. The highest BCUT2D eigenvalue weighted by atomic mass is 19.1. The molecule has 1 amide bonds. The van der Waals surface area contributed by atoms with Crippen LogP contribution in [0.4, 0.5) is 4.39 Å². The van der Waals surface area contributed by atoms with Crippen LogP contribution >= 0.6 is 0 Å². The van der Waals surface area contributed by atoms with Gasteiger partial charge in [-0.25, -0.2) is 4.39 Å². The van der Waals surface area contributed by atoms with Crippen molar-refractivity contribution in [2.45, 2.75) is 6.42 Å². The Kier molecular flexibility index (Phi) is 5.47. The van der Waals surface area contributed by atoms with E-state index in [1.165, 1.54) is 18.3 Å². The lowest BCUT2D eigenvalue weighted by atomic mass is 10.1. The summed E-state index contributed by atoms with van der Waals surface area (Å²) in [5, 5.41) is 6.47. The molecule has 4 rings (SSSR count). The van der Waals surface area contributed by atoms with Gasteiger partial charge in [-0.15, -0.1) is 0 Å². The van der Waals surface area contributed by atoms with E-state index in [-0.39, 0.29) is 17.4 Å². The Labute approximate surface area is 171 Å². The molecule has 7 nitrogen and oxygen atoms in total. The van der Waals surface area contributed by atoms with Crippen LogP contribution in [-0.4, -0.2) is 28.1 Å². The number of rotatable bonds is 6. The molecule has 4 aromatic rings. The summed E-state index contributed by atoms with van der Waals surface area (Å²) in [5.74, 6) is 1.39. The van der Waals surface area contributed by atoms with Gasteiger partial charge in [-0.3, -0.25) is 9.78 Å². The number of hydrogen-bond donors (Lipinski definition) is 1. The third-order valence-electron chi connectivity index (χ3n) is 4.28. The summed E-state index contributed by atoms with van der Waals surface area (Å²) in [4.78, 5) is 20.0. The van der Waals surface area contributed by atoms with Gasteiger partial charge in [0.1, 0.15) is 23.0 Å². The number of nitrogens with zero attached hydrogens (tertiary/aromatic N) is 3. The molecule has 0 bridgehead atoms. The predicted octanol–water partition coefficient (Wildman–Crippen LogP) is 4.01. The molecule has 0 saturated carbocycles. The minimum atomic E-state index is -0.318. The molecule has 0 radical (unpaired) electrons. The summed E-state index contributed by atoms with van der Waals surface area (Å²) >= 11 is 0. The van der Waals surface area contributed by atoms with Gasteiger partial charge in [0.15, 0.2) is 0 Å². The molecule has 2 heterocycles. The topological polar surface area (TPSA) is 90.1 Å². The van der Waals surface area contributed by atoms with Crippen molar-refractivity contribution in [1.29, 1.82) is 0 Å². The summed E-state index contributed by atoms with van der Waals surface area (Å²) in [6.45, 7) is 0. The van der Waals surface area contributed by atoms with E-state index in [9.17, 15) is 9.18 Å². The van der Waals surface area contributed by atoms with Crippen molar-refractivity contribution in [2.24, 2.45) is 0 Å². The lowest BCUT2D eigenvalue weighted by Gasteiger charge is -2.07. The van der Waals surface area contributed by atoms with Crippen molar-refractivity contribution in [3.8, 4) is 22.9 Å². The SMILES string of the molecule is CNC(=O)c1cc(Oc2ccc(Cc3nc(-c4ccc(F)cc4)no3)cc2)ccn1. The number of carbonyl (C=O) groups excluding carboxylic acids is 1. The lowest BCUT2D eigenvalue weighted by Crippen LogP contribution is -2.18. The van der Waals surface area contributed by atoms with Crippen LogP contribution in [0.15, 0.2) is 71.4 Å². The van der Waals surface area contributed by atoms with Gasteiger partial charge in [0.2, 0.25) is 11.7 Å². The van der Waals surface area contributed by atoms with Crippen molar-refractivity contribution in [3.05, 3.63) is 89.8 Å². The first-order chi connectivity index (χ1) is 14.6. The van der Waals surface area contributed by atoms with E-state index in [2.05, 4.69) is 20.4 Å². The molecule has 0 aliphatic heterocycles. The number of ether oxygens (including phenoxy) is 1. The summed E-state index contributed by atoms with van der Waals surface area (Å²) < 4.78 is 24.1. The minimum absolute atomic E-state index is 0.278. The number of nitrogens with one attached hydrogen (secondary N) is 1. The van der Waals surface area contributed by atoms with Crippen LogP contribution in [0.1, 0.15) is 21.9 Å². The smallest absolute Gasteiger partial charge is 0.269 e. The molecule has 0 saturated heterocycles. The van der Waals surface area contributed by atoms with Crippen LogP contribution in [0.3, 0.4) is 0 Å². The third kappa shape index (κ3) is 4.49. The molecule has 0 atom stereocenters. The van der Waals surface area contributed by atoms with Crippen LogP contribution in [0.2, 0.25) is 0 Å². The molecular weight excluding hydrogens is 387 g/mol. The van der Waals surface area contributed by atoms with E-state index in [1.807, 2.05) is 24.3 Å². The zero-order valence-corrected chi connectivity index (χ0v) is 16.0. The predicted molar refractivity (Wildman–Crippen MR) is 107 cm³/mol. The van der Waals surface area contributed by atoms with Gasteiger partial charge in [-0.2, -0.15) is 4.98 Å². The first-order valence-corrected chi connectivity index (χ1v) is 9.14. The maximum Gasteiger partial charge on any atom is 0.269 e. The average molecular weight is 404 g/mol. The summed E-state index contributed by atoms with van der Waals surface area (Å²) in [6.07, 6.45) is 1.97. The van der Waals surface area contributed by atoms with Gasteiger partial charge in [0.25, 0.3) is 5.91 Å². The van der Waals surface area contributed by atoms with E-state index >= 15 is 0 Å². The van der Waals surface area contributed by atoms with E-state index in [0.717, 1.165) is 5.56 Å². The number of hydrogen-bond acceptors (Lipinski definition) is 6. The second-order valence-corrected chi connectivity index (χ2v) is 6.40. The van der Waals surface area contributed by atoms with Crippen LogP contribution in [-0.2, 0) is 6.42 Å². The molecule has 0 fully saturated rings. The molecular formula is C22H17FN4O3. The minimum Gasteiger partial charge on any atom is -0.457 e. The first-order valence-electron chi connectivity index (χ1n) is 9.14. The summed E-state index contributed by atoms with van der Waals surface area (Å²) in [6, 6.07) is 16.6. The number of pyridine rings is 1. The Hall–Kier alpha value is -4.07. The highest BCUT2D eigenvalue weighted by molar-refractivity contribution is 5.92. The number of benzene rings is 2. The van der Waals surface area contributed by atoms with Crippen molar-refractivity contribution < 1.29 is 18.4 Å². The number of halogens is 1. The van der Waals surface area contributed by atoms with Crippen LogP contribution < -0.4 is 10.1 Å². The van der Waals surface area contributed by atoms with Crippen LogP contribution in [0, 0.1) is 5.82 Å². The molecule has 0 spiro atoms. The largest absolute Gasteiger partial charge is 0.457 e. The average Bonchev–Trinajstić information content (AvgIpc) is 3.24. The van der Waals surface area contributed by atoms with Gasteiger partial charge in [0, 0.05) is 24.9 Å². The highest BCUT2D eigenvalue weighted by Gasteiger charge is 2.10. The standard InChI is InChI=1S/C22H17FN4O3/c1-24-22(28)19-13-18(10-11-25-19)29-17-8-2-14(3-9-17)12-20-26-21(27-30-20)15-4-6-16(23)7-5-15/h2-11,13H,12H2,1H3,(H,24,28). The Morgan fingerprint density at radius 3 is 2.57 bits per heavy atom. The van der Waals surface area contributed by atoms with Gasteiger partial charge in [-0.05, 0) is 48.0 Å². The Bertz CT molecular complexity index is 1160. The Morgan fingerprint density at radius 2 is 1.83 bits per heavy atom. The van der Waals surface area contributed by atoms with Gasteiger partial charge >= 0.3 is 0 Å². The normalized spacial score (nSPS) is 10.6. The summed E-state index contributed by atoms with van der Waals surface area (Å²) in [5.41, 5.74) is 1.92. The van der Waals surface area contributed by atoms with Gasteiger partial charge in [0.05, 0.1) is 6.42 Å². The van der Waals surface area contributed by atoms with Crippen LogP contribution in [0.25, 0.3) is 11.4 Å². The van der Waals surface area contributed by atoms with Crippen molar-refractivity contribution in [2.75, 3.05) is 7.05 Å². The van der Waals surface area contributed by atoms with E-state index in [4.69, 9.17) is 9.26 Å². The second-order valence-electron chi connectivity index (χ2n) is 6.40. The lowest BCUT2D eigenvalue weighted by molar-refractivity contribution is 0.0958. The van der Waals surface area contributed by atoms with Crippen molar-refractivity contribution in [3.63, 3.8) is 0 Å². The third-order valence-corrected chi connectivity index (χ3v) is 4.28. The zero-order valence-electron chi connectivity index (χ0n) is 16.0. The molecule has 8 heteroatoms. The second kappa shape index (κ2) is 8.52. The van der Waals surface area contributed by atoms with Crippen LogP contribution in [0.5, 0.6) is 11.5 Å². The number of carbonyl (C=O) groups is 1. The van der Waals surface area contributed by atoms with Gasteiger partial charge in [-0.1, -0.05) is 17.3 Å². The fourth-order valence-corrected chi connectivity index (χ4v) is 2.76. The zero-order chi connectivity index (χ0) is 20.9. The monoisotopic (exact) mass is 404 g/mol. The summed E-state index contributed by atoms with van der Waals surface area (Å²) in [7, 11) is 1.54. The number of aromatic nitrogens is 3. The van der Waals surface area contributed by atoms with E-state index in [0.29, 0.717) is 35.2 Å². The Balaban J connectivity index is 1.42. The quantitative estimate of drug-likeness (QED) is 0.522. The molecule has 0 aliphatic rings. The molecule has 2 aromatic heterocycles. The first kappa shape index (κ1) is 19.3. The number of amides is 1. The molecule has 30 heavy (non-hydrogen) atoms. The highest BCUT2D eigenvalue weighted by Crippen LogP contribution is 2.23. The molecule has 2 aromatic carbocycles. The van der Waals surface area contributed by atoms with E-state index in [1.54, 1.807) is 31.3 Å². The van der Waals surface area contributed by atoms with Crippen molar-refractivity contribution >= 4 is 5.91 Å². The molecule has 0 aliphatic carbocycles.